The van der Waals surface area contributed by atoms with Crippen molar-refractivity contribution in [1.82, 2.24) is 4.98 Å². The normalized spacial score (nSPS) is 11.9. The number of rotatable bonds is 1. The molecule has 2 rings (SSSR count). The Morgan fingerprint density at radius 1 is 1.21 bits per heavy atom. The molecule has 2 aromatic heterocycles. The molecule has 0 spiro atoms. The molecule has 14 heavy (non-hydrogen) atoms. The monoisotopic (exact) mass is 235 g/mol. The first-order valence-electron chi connectivity index (χ1n) is 3.64. The van der Waals surface area contributed by atoms with E-state index in [4.69, 9.17) is 0 Å². The van der Waals surface area contributed by atoms with Gasteiger partial charge >= 0.3 is 6.18 Å². The second-order valence-corrected chi connectivity index (χ2v) is 4.32. The summed E-state index contributed by atoms with van der Waals surface area (Å²) in [6.45, 7) is 0. The zero-order chi connectivity index (χ0) is 10.2. The van der Waals surface area contributed by atoms with E-state index < -0.39 is 11.2 Å². The molecule has 6 heteroatoms. The SMILES string of the molecule is FC(F)(F)c1nc(-c2cccs2)cs1. The van der Waals surface area contributed by atoms with Gasteiger partial charge in [0.1, 0.15) is 0 Å². The van der Waals surface area contributed by atoms with Crippen LogP contribution in [-0.2, 0) is 6.18 Å². The summed E-state index contributed by atoms with van der Waals surface area (Å²) in [6.07, 6.45) is -4.33. The first-order chi connectivity index (χ1) is 6.57. The third kappa shape index (κ3) is 1.80. The molecule has 2 aromatic rings. The van der Waals surface area contributed by atoms with Crippen molar-refractivity contribution in [3.63, 3.8) is 0 Å². The van der Waals surface area contributed by atoms with Crippen LogP contribution in [0, 0.1) is 0 Å². The molecule has 0 N–H and O–H groups in total. The Kier molecular flexibility index (Phi) is 2.32. The molecule has 0 aromatic carbocycles. The number of alkyl halides is 3. The summed E-state index contributed by atoms with van der Waals surface area (Å²) in [7, 11) is 0. The van der Waals surface area contributed by atoms with Crippen LogP contribution < -0.4 is 0 Å². The molecule has 0 saturated heterocycles. The van der Waals surface area contributed by atoms with E-state index >= 15 is 0 Å². The van der Waals surface area contributed by atoms with E-state index in [0.29, 0.717) is 17.0 Å². The van der Waals surface area contributed by atoms with Crippen molar-refractivity contribution >= 4 is 22.7 Å². The fourth-order valence-corrected chi connectivity index (χ4v) is 2.39. The average molecular weight is 235 g/mol. The lowest BCUT2D eigenvalue weighted by Gasteiger charge is -1.98. The number of thiazole rings is 1. The van der Waals surface area contributed by atoms with Crippen LogP contribution in [0.15, 0.2) is 22.9 Å². The van der Waals surface area contributed by atoms with Crippen LogP contribution in [0.1, 0.15) is 5.01 Å². The molecule has 0 aliphatic rings. The summed E-state index contributed by atoms with van der Waals surface area (Å²) in [5.74, 6) is 0. The van der Waals surface area contributed by atoms with Gasteiger partial charge in [-0.3, -0.25) is 0 Å². The summed E-state index contributed by atoms with van der Waals surface area (Å²) in [5, 5.41) is 2.44. The molecule has 0 saturated carbocycles. The maximum Gasteiger partial charge on any atom is 0.443 e. The highest BCUT2D eigenvalue weighted by molar-refractivity contribution is 7.14. The molecule has 0 aliphatic heterocycles. The highest BCUT2D eigenvalue weighted by atomic mass is 32.1. The fourth-order valence-electron chi connectivity index (χ4n) is 0.941. The van der Waals surface area contributed by atoms with Gasteiger partial charge in [0.15, 0.2) is 5.01 Å². The number of hydrogen-bond donors (Lipinski definition) is 0. The Hall–Kier alpha value is -0.880. The smallest absolute Gasteiger partial charge is 0.231 e. The van der Waals surface area contributed by atoms with Crippen LogP contribution in [0.2, 0.25) is 0 Å². The van der Waals surface area contributed by atoms with Crippen molar-refractivity contribution < 1.29 is 13.2 Å². The van der Waals surface area contributed by atoms with Crippen molar-refractivity contribution in [2.45, 2.75) is 6.18 Å². The number of thiophene rings is 1. The minimum Gasteiger partial charge on any atom is -0.231 e. The summed E-state index contributed by atoms with van der Waals surface area (Å²) in [5.41, 5.74) is 0.400. The summed E-state index contributed by atoms with van der Waals surface area (Å²) < 4.78 is 36.6. The van der Waals surface area contributed by atoms with Crippen LogP contribution in [0.25, 0.3) is 10.6 Å². The summed E-state index contributed by atoms with van der Waals surface area (Å²) in [6, 6.07) is 3.53. The number of aromatic nitrogens is 1. The van der Waals surface area contributed by atoms with E-state index in [1.807, 2.05) is 5.38 Å². The van der Waals surface area contributed by atoms with E-state index in [0.717, 1.165) is 4.88 Å². The summed E-state index contributed by atoms with van der Waals surface area (Å²) in [4.78, 5) is 4.29. The van der Waals surface area contributed by atoms with Gasteiger partial charge in [0.25, 0.3) is 0 Å². The first-order valence-corrected chi connectivity index (χ1v) is 5.40. The zero-order valence-electron chi connectivity index (χ0n) is 6.71. The molecule has 1 nitrogen and oxygen atoms in total. The predicted molar refractivity (Wildman–Crippen MR) is 50.4 cm³/mol. The molecule has 2 heterocycles. The van der Waals surface area contributed by atoms with E-state index in [2.05, 4.69) is 4.98 Å². The van der Waals surface area contributed by atoms with Crippen molar-refractivity contribution in [1.29, 1.82) is 0 Å². The van der Waals surface area contributed by atoms with Crippen molar-refractivity contribution in [3.8, 4) is 10.6 Å². The minimum absolute atomic E-state index is 0.400. The van der Waals surface area contributed by atoms with E-state index in [-0.39, 0.29) is 0 Å². The number of nitrogens with zero attached hydrogens (tertiary/aromatic N) is 1. The second kappa shape index (κ2) is 3.36. The number of halogens is 3. The Morgan fingerprint density at radius 2 is 2.00 bits per heavy atom. The van der Waals surface area contributed by atoms with Gasteiger partial charge < -0.3 is 0 Å². The average Bonchev–Trinajstić information content (AvgIpc) is 2.73. The lowest BCUT2D eigenvalue weighted by atomic mass is 10.4. The standard InChI is InChI=1S/C8H4F3NS2/c9-8(10,11)7-12-5(4-14-7)6-2-1-3-13-6/h1-4H. The third-order valence-electron chi connectivity index (χ3n) is 1.52. The van der Waals surface area contributed by atoms with Crippen molar-refractivity contribution in [2.24, 2.45) is 0 Å². The van der Waals surface area contributed by atoms with Gasteiger partial charge in [-0.1, -0.05) is 6.07 Å². The van der Waals surface area contributed by atoms with Gasteiger partial charge in [0.05, 0.1) is 10.6 Å². The van der Waals surface area contributed by atoms with Crippen molar-refractivity contribution in [2.75, 3.05) is 0 Å². The molecular weight excluding hydrogens is 231 g/mol. The largest absolute Gasteiger partial charge is 0.443 e. The Bertz CT molecular complexity index is 416. The molecule has 0 radical (unpaired) electrons. The Morgan fingerprint density at radius 3 is 2.50 bits per heavy atom. The third-order valence-corrected chi connectivity index (χ3v) is 3.30. The molecular formula is C8H4F3NS2. The topological polar surface area (TPSA) is 12.9 Å². The van der Waals surface area contributed by atoms with Gasteiger partial charge in [-0.2, -0.15) is 13.2 Å². The highest BCUT2D eigenvalue weighted by Gasteiger charge is 2.34. The first kappa shape index (κ1) is 9.67. The second-order valence-electron chi connectivity index (χ2n) is 2.51. The lowest BCUT2D eigenvalue weighted by Crippen LogP contribution is -2.03. The zero-order valence-corrected chi connectivity index (χ0v) is 8.34. The van der Waals surface area contributed by atoms with Crippen molar-refractivity contribution in [3.05, 3.63) is 27.9 Å². The highest BCUT2D eigenvalue weighted by Crippen LogP contribution is 2.35. The van der Waals surface area contributed by atoms with Gasteiger partial charge in [0.2, 0.25) is 0 Å². The molecule has 0 atom stereocenters. The molecule has 0 fully saturated rings. The van der Waals surface area contributed by atoms with E-state index in [1.54, 1.807) is 12.1 Å². The molecule has 74 valence electrons. The molecule has 0 aliphatic carbocycles. The molecule has 0 bridgehead atoms. The Labute approximate surface area is 85.9 Å². The van der Waals surface area contributed by atoms with Crippen LogP contribution in [-0.4, -0.2) is 4.98 Å². The van der Waals surface area contributed by atoms with Gasteiger partial charge in [0, 0.05) is 5.38 Å². The minimum atomic E-state index is -4.33. The fraction of sp³-hybridized carbons (Fsp3) is 0.125. The van der Waals surface area contributed by atoms with E-state index in [9.17, 15) is 13.2 Å². The quantitative estimate of drug-likeness (QED) is 0.730. The predicted octanol–water partition coefficient (Wildman–Crippen LogP) is 3.89. The number of hydrogen-bond acceptors (Lipinski definition) is 3. The van der Waals surface area contributed by atoms with Crippen LogP contribution in [0.5, 0.6) is 0 Å². The van der Waals surface area contributed by atoms with E-state index in [1.165, 1.54) is 16.7 Å². The van der Waals surface area contributed by atoms with Gasteiger partial charge in [-0.25, -0.2) is 4.98 Å². The van der Waals surface area contributed by atoms with Gasteiger partial charge in [-0.05, 0) is 11.4 Å². The molecule has 0 unspecified atom stereocenters. The van der Waals surface area contributed by atoms with Crippen LogP contribution in [0.4, 0.5) is 13.2 Å². The summed E-state index contributed by atoms with van der Waals surface area (Å²) >= 11 is 2.00. The maximum absolute atomic E-state index is 12.2. The van der Waals surface area contributed by atoms with Crippen LogP contribution in [0.3, 0.4) is 0 Å². The van der Waals surface area contributed by atoms with Gasteiger partial charge in [-0.15, -0.1) is 22.7 Å². The lowest BCUT2D eigenvalue weighted by molar-refractivity contribution is -0.137. The Balaban J connectivity index is 2.36. The maximum atomic E-state index is 12.2. The molecule has 0 amide bonds. The van der Waals surface area contributed by atoms with Crippen LogP contribution >= 0.6 is 22.7 Å².